The Hall–Kier alpha value is -2.55. The van der Waals surface area contributed by atoms with Crippen molar-refractivity contribution >= 4 is 11.7 Å². The predicted molar refractivity (Wildman–Crippen MR) is 86.5 cm³/mol. The number of benzene rings is 2. The zero-order valence-electron chi connectivity index (χ0n) is 12.5. The minimum absolute atomic E-state index is 0.393. The van der Waals surface area contributed by atoms with Crippen LogP contribution in [0, 0.1) is 0 Å². The minimum atomic E-state index is -0.859. The van der Waals surface area contributed by atoms with Crippen molar-refractivity contribution in [2.24, 2.45) is 0 Å². The minimum Gasteiger partial charge on any atom is -0.478 e. The molecular weight excluding hydrogens is 274 g/mol. The largest absolute Gasteiger partial charge is 0.478 e. The van der Waals surface area contributed by atoms with E-state index in [4.69, 9.17) is 0 Å². The van der Waals surface area contributed by atoms with Crippen molar-refractivity contribution in [1.82, 2.24) is 4.90 Å². The molecule has 3 nitrogen and oxygen atoms in total. The predicted octanol–water partition coefficient (Wildman–Crippen LogP) is 4.00. The molecule has 110 valence electrons. The molecule has 2 aromatic carbocycles. The monoisotopic (exact) mass is 291 g/mol. The maximum Gasteiger partial charge on any atom is 0.336 e. The van der Waals surface area contributed by atoms with Crippen LogP contribution in [0.1, 0.15) is 34.8 Å². The quantitative estimate of drug-likeness (QED) is 0.863. The summed E-state index contributed by atoms with van der Waals surface area (Å²) in [6, 6.07) is 14.1. The summed E-state index contributed by atoms with van der Waals surface area (Å²) in [6.45, 7) is 3.91. The third kappa shape index (κ3) is 1.86. The molecule has 2 aliphatic rings. The Morgan fingerprint density at radius 2 is 1.95 bits per heavy atom. The van der Waals surface area contributed by atoms with Gasteiger partial charge in [-0.2, -0.15) is 0 Å². The summed E-state index contributed by atoms with van der Waals surface area (Å²) in [5, 5.41) is 9.53. The van der Waals surface area contributed by atoms with Crippen molar-refractivity contribution in [3.8, 4) is 11.1 Å². The van der Waals surface area contributed by atoms with Gasteiger partial charge in [0.1, 0.15) is 0 Å². The lowest BCUT2D eigenvalue weighted by molar-refractivity contribution is 0.0696. The fraction of sp³-hybridized carbons (Fsp3) is 0.211. The average molecular weight is 291 g/mol. The molecule has 0 amide bonds. The Balaban J connectivity index is 2.05. The Labute approximate surface area is 129 Å². The molecule has 0 saturated heterocycles. The van der Waals surface area contributed by atoms with Crippen molar-refractivity contribution in [1.29, 1.82) is 0 Å². The van der Waals surface area contributed by atoms with Crippen LogP contribution in [0.15, 0.2) is 48.0 Å². The number of aromatic carboxylic acids is 1. The molecule has 2 aromatic rings. The molecule has 2 heterocycles. The highest BCUT2D eigenvalue weighted by Crippen LogP contribution is 2.39. The number of carboxylic acid groups (broad SMARTS) is 1. The molecule has 0 saturated carbocycles. The second kappa shape index (κ2) is 4.73. The van der Waals surface area contributed by atoms with Gasteiger partial charge in [0.05, 0.1) is 5.56 Å². The molecule has 0 aromatic heterocycles. The SMILES string of the molecule is CC1=C2c3cc(ccc3C(=O)O)-c3ccccc3CN2CC1. The molecule has 0 spiro atoms. The highest BCUT2D eigenvalue weighted by Gasteiger charge is 2.28. The first-order chi connectivity index (χ1) is 10.6. The lowest BCUT2D eigenvalue weighted by Crippen LogP contribution is -2.21. The number of hydrogen-bond donors (Lipinski definition) is 1. The normalized spacial score (nSPS) is 16.0. The highest BCUT2D eigenvalue weighted by molar-refractivity contribution is 5.96. The molecule has 2 aliphatic heterocycles. The van der Waals surface area contributed by atoms with E-state index in [0.717, 1.165) is 36.3 Å². The Bertz CT molecular complexity index is 820. The number of carbonyl (C=O) groups is 1. The first-order valence-corrected chi connectivity index (χ1v) is 7.56. The fourth-order valence-electron chi connectivity index (χ4n) is 3.60. The third-order valence-electron chi connectivity index (χ3n) is 4.67. The highest BCUT2D eigenvalue weighted by atomic mass is 16.4. The number of rotatable bonds is 1. The molecule has 4 rings (SSSR count). The van der Waals surface area contributed by atoms with E-state index in [9.17, 15) is 9.90 Å². The van der Waals surface area contributed by atoms with Crippen LogP contribution in [0.5, 0.6) is 0 Å². The van der Waals surface area contributed by atoms with Gasteiger partial charge in [-0.15, -0.1) is 0 Å². The van der Waals surface area contributed by atoms with E-state index in [1.54, 1.807) is 6.07 Å². The molecular formula is C19H17NO2. The van der Waals surface area contributed by atoms with Crippen LogP contribution in [0.3, 0.4) is 0 Å². The number of nitrogens with zero attached hydrogens (tertiary/aromatic N) is 1. The molecule has 2 bridgehead atoms. The summed E-state index contributed by atoms with van der Waals surface area (Å²) in [4.78, 5) is 13.9. The van der Waals surface area contributed by atoms with E-state index < -0.39 is 5.97 Å². The van der Waals surface area contributed by atoms with Gasteiger partial charge >= 0.3 is 5.97 Å². The van der Waals surface area contributed by atoms with Gasteiger partial charge in [-0.05, 0) is 47.7 Å². The molecule has 0 atom stereocenters. The summed E-state index contributed by atoms with van der Waals surface area (Å²) in [5.41, 5.74) is 7.22. The molecule has 22 heavy (non-hydrogen) atoms. The van der Waals surface area contributed by atoms with Crippen molar-refractivity contribution in [2.45, 2.75) is 19.9 Å². The van der Waals surface area contributed by atoms with Gasteiger partial charge in [0.2, 0.25) is 0 Å². The van der Waals surface area contributed by atoms with Crippen LogP contribution < -0.4 is 0 Å². The second-order valence-electron chi connectivity index (χ2n) is 6.02. The van der Waals surface area contributed by atoms with Gasteiger partial charge in [0, 0.05) is 24.4 Å². The summed E-state index contributed by atoms with van der Waals surface area (Å²) in [5.74, 6) is -0.859. The van der Waals surface area contributed by atoms with Crippen LogP contribution in [0.4, 0.5) is 0 Å². The van der Waals surface area contributed by atoms with E-state index in [1.807, 2.05) is 18.2 Å². The van der Waals surface area contributed by atoms with Crippen molar-refractivity contribution in [3.05, 3.63) is 64.7 Å². The van der Waals surface area contributed by atoms with Crippen LogP contribution >= 0.6 is 0 Å². The van der Waals surface area contributed by atoms with E-state index in [0.29, 0.717) is 5.56 Å². The van der Waals surface area contributed by atoms with Gasteiger partial charge in [0.25, 0.3) is 0 Å². The number of carboxylic acids is 1. The molecule has 0 unspecified atom stereocenters. The fourth-order valence-corrected chi connectivity index (χ4v) is 3.60. The van der Waals surface area contributed by atoms with Crippen LogP contribution in [-0.2, 0) is 6.54 Å². The van der Waals surface area contributed by atoms with Gasteiger partial charge in [-0.3, -0.25) is 0 Å². The molecule has 0 fully saturated rings. The van der Waals surface area contributed by atoms with E-state index in [-0.39, 0.29) is 0 Å². The van der Waals surface area contributed by atoms with Gasteiger partial charge < -0.3 is 10.0 Å². The Morgan fingerprint density at radius 3 is 2.77 bits per heavy atom. The summed E-state index contributed by atoms with van der Waals surface area (Å²) in [7, 11) is 0. The van der Waals surface area contributed by atoms with Gasteiger partial charge in [-0.1, -0.05) is 30.3 Å². The third-order valence-corrected chi connectivity index (χ3v) is 4.67. The Kier molecular flexibility index (Phi) is 2.83. The molecule has 0 aliphatic carbocycles. The van der Waals surface area contributed by atoms with Gasteiger partial charge in [0.15, 0.2) is 0 Å². The molecule has 3 heteroatoms. The maximum absolute atomic E-state index is 11.6. The summed E-state index contributed by atoms with van der Waals surface area (Å²) < 4.78 is 0. The van der Waals surface area contributed by atoms with Crippen LogP contribution in [-0.4, -0.2) is 22.5 Å². The van der Waals surface area contributed by atoms with E-state index in [2.05, 4.69) is 30.0 Å². The zero-order valence-corrected chi connectivity index (χ0v) is 12.5. The molecule has 1 N–H and O–H groups in total. The van der Waals surface area contributed by atoms with E-state index in [1.165, 1.54) is 16.7 Å². The lowest BCUT2D eigenvalue weighted by atomic mass is 9.91. The van der Waals surface area contributed by atoms with Crippen LogP contribution in [0.2, 0.25) is 0 Å². The second-order valence-corrected chi connectivity index (χ2v) is 6.02. The Morgan fingerprint density at radius 1 is 1.14 bits per heavy atom. The molecule has 0 radical (unpaired) electrons. The zero-order chi connectivity index (χ0) is 15.3. The average Bonchev–Trinajstić information content (AvgIpc) is 2.86. The number of hydrogen-bond acceptors (Lipinski definition) is 2. The summed E-state index contributed by atoms with van der Waals surface area (Å²) >= 11 is 0. The summed E-state index contributed by atoms with van der Waals surface area (Å²) in [6.07, 6.45) is 1.00. The van der Waals surface area contributed by atoms with Crippen LogP contribution in [0.25, 0.3) is 16.8 Å². The maximum atomic E-state index is 11.6. The lowest BCUT2D eigenvalue weighted by Gasteiger charge is -2.28. The topological polar surface area (TPSA) is 40.5 Å². The van der Waals surface area contributed by atoms with Crippen molar-refractivity contribution < 1.29 is 9.90 Å². The number of fused-ring (bicyclic) bond motifs is 6. The first kappa shape index (κ1) is 13.1. The standard InChI is InChI=1S/C19H17NO2/c1-12-8-9-20-11-14-4-2-3-5-15(14)13-6-7-16(19(21)22)17(10-13)18(12)20/h2-7,10H,8-9,11H2,1H3,(H,21,22). The smallest absolute Gasteiger partial charge is 0.336 e. The van der Waals surface area contributed by atoms with E-state index >= 15 is 0 Å². The van der Waals surface area contributed by atoms with Gasteiger partial charge in [-0.25, -0.2) is 4.79 Å². The first-order valence-electron chi connectivity index (χ1n) is 7.56. The van der Waals surface area contributed by atoms with Crippen molar-refractivity contribution in [2.75, 3.05) is 6.54 Å². The van der Waals surface area contributed by atoms with Crippen molar-refractivity contribution in [3.63, 3.8) is 0 Å².